The molecule has 6 nitrogen and oxygen atoms in total. The number of carboxylic acids is 1. The van der Waals surface area contributed by atoms with E-state index in [1.807, 2.05) is 0 Å². The Hall–Kier alpha value is -1.58. The highest BCUT2D eigenvalue weighted by Crippen LogP contribution is 2.38. The minimum Gasteiger partial charge on any atom is -0.503 e. The Kier molecular flexibility index (Phi) is 6.25. The van der Waals surface area contributed by atoms with Gasteiger partial charge in [0, 0.05) is 6.54 Å². The van der Waals surface area contributed by atoms with Crippen LogP contribution >= 0.6 is 39.9 Å². The van der Waals surface area contributed by atoms with Crippen molar-refractivity contribution in [3.63, 3.8) is 0 Å². The number of hydrogen-bond acceptors (Lipinski definition) is 6. The van der Waals surface area contributed by atoms with Crippen molar-refractivity contribution < 1.29 is 24.5 Å². The quantitative estimate of drug-likeness (QED) is 0.527. The van der Waals surface area contributed by atoms with Gasteiger partial charge in [-0.2, -0.15) is 0 Å². The summed E-state index contributed by atoms with van der Waals surface area (Å²) in [6.07, 6.45) is 1.46. The number of benzene rings is 1. The van der Waals surface area contributed by atoms with Crippen LogP contribution < -0.4 is 4.74 Å². The average Bonchev–Trinajstić information content (AvgIpc) is 2.76. The summed E-state index contributed by atoms with van der Waals surface area (Å²) in [5.74, 6) is -1.02. The Morgan fingerprint density at radius 3 is 2.83 bits per heavy atom. The number of aliphatic carboxylic acids is 1. The minimum atomic E-state index is -0.989. The number of rotatable bonds is 6. The smallest absolute Gasteiger partial charge is 0.305 e. The van der Waals surface area contributed by atoms with E-state index in [-0.39, 0.29) is 24.6 Å². The maximum Gasteiger partial charge on any atom is 0.305 e. The molecule has 1 aromatic rings. The highest BCUT2D eigenvalue weighted by molar-refractivity contribution is 9.10. The van der Waals surface area contributed by atoms with Gasteiger partial charge in [0.15, 0.2) is 11.5 Å². The van der Waals surface area contributed by atoms with Gasteiger partial charge in [-0.05, 0) is 46.6 Å². The second-order valence-electron chi connectivity index (χ2n) is 4.76. The number of nitrogens with zero attached hydrogens (tertiary/aromatic N) is 1. The summed E-state index contributed by atoms with van der Waals surface area (Å²) in [4.78, 5) is 24.7. The Morgan fingerprint density at radius 2 is 2.21 bits per heavy atom. The number of halogens is 1. The van der Waals surface area contributed by atoms with Crippen LogP contribution in [0.15, 0.2) is 21.5 Å². The number of thioether (sulfide) groups is 1. The maximum atomic E-state index is 12.4. The molecule has 2 N–H and O–H groups in total. The fraction of sp³-hybridized carbons (Fsp3) is 0.267. The number of carbonyl (C=O) groups is 2. The topological polar surface area (TPSA) is 87.1 Å². The van der Waals surface area contributed by atoms with Gasteiger partial charge in [0.1, 0.15) is 4.32 Å². The standard InChI is InChI=1S/C15H14BrNO5S2/c1-2-22-10-6-8(5-9(16)13(10)20)7-11-14(21)17(15(23)24-11)4-3-12(18)19/h5-7,20H,2-4H2,1H3,(H,18,19). The van der Waals surface area contributed by atoms with Crippen LogP contribution in [0.25, 0.3) is 6.08 Å². The van der Waals surface area contributed by atoms with Gasteiger partial charge < -0.3 is 14.9 Å². The van der Waals surface area contributed by atoms with Crippen molar-refractivity contribution in [1.29, 1.82) is 0 Å². The molecule has 0 saturated carbocycles. The molecule has 1 fully saturated rings. The van der Waals surface area contributed by atoms with Crippen LogP contribution in [-0.4, -0.2) is 44.5 Å². The molecule has 0 unspecified atom stereocenters. The number of phenols is 1. The van der Waals surface area contributed by atoms with Crippen LogP contribution in [0.1, 0.15) is 18.9 Å². The fourth-order valence-electron chi connectivity index (χ4n) is 1.99. The number of thiocarbonyl (C=S) groups is 1. The third-order valence-corrected chi connectivity index (χ3v) is 5.05. The molecule has 0 spiro atoms. The third kappa shape index (κ3) is 4.28. The molecule has 1 saturated heterocycles. The zero-order valence-corrected chi connectivity index (χ0v) is 15.8. The molecule has 1 heterocycles. The number of aromatic hydroxyl groups is 1. The summed E-state index contributed by atoms with van der Waals surface area (Å²) < 4.78 is 6.13. The lowest BCUT2D eigenvalue weighted by atomic mass is 10.2. The van der Waals surface area contributed by atoms with Gasteiger partial charge in [-0.15, -0.1) is 0 Å². The van der Waals surface area contributed by atoms with E-state index in [2.05, 4.69) is 15.9 Å². The van der Waals surface area contributed by atoms with Crippen molar-refractivity contribution in [2.24, 2.45) is 0 Å². The lowest BCUT2D eigenvalue weighted by Crippen LogP contribution is -2.30. The molecule has 2 rings (SSSR count). The summed E-state index contributed by atoms with van der Waals surface area (Å²) in [6, 6.07) is 3.27. The van der Waals surface area contributed by atoms with Crippen molar-refractivity contribution in [1.82, 2.24) is 4.90 Å². The molecule has 0 aliphatic carbocycles. The number of amides is 1. The molecule has 1 aromatic carbocycles. The SMILES string of the molecule is CCOc1cc(C=C2SC(=S)N(CCC(=O)O)C2=O)cc(Br)c1O. The third-order valence-electron chi connectivity index (χ3n) is 3.07. The number of ether oxygens (including phenoxy) is 1. The van der Waals surface area contributed by atoms with E-state index < -0.39 is 5.97 Å². The number of hydrogen-bond donors (Lipinski definition) is 2. The van der Waals surface area contributed by atoms with E-state index in [1.165, 1.54) is 4.90 Å². The van der Waals surface area contributed by atoms with E-state index in [9.17, 15) is 14.7 Å². The van der Waals surface area contributed by atoms with E-state index >= 15 is 0 Å². The monoisotopic (exact) mass is 431 g/mol. The average molecular weight is 432 g/mol. The first-order valence-electron chi connectivity index (χ1n) is 6.96. The van der Waals surface area contributed by atoms with Crippen LogP contribution in [0.4, 0.5) is 0 Å². The molecular weight excluding hydrogens is 418 g/mol. The zero-order chi connectivity index (χ0) is 17.9. The van der Waals surface area contributed by atoms with E-state index in [0.29, 0.717) is 31.6 Å². The van der Waals surface area contributed by atoms with Gasteiger partial charge in [0.05, 0.1) is 22.4 Å². The predicted octanol–water partition coefficient (Wildman–Crippen LogP) is 3.23. The highest BCUT2D eigenvalue weighted by atomic mass is 79.9. The molecule has 1 aliphatic heterocycles. The summed E-state index contributed by atoms with van der Waals surface area (Å²) in [7, 11) is 0. The van der Waals surface area contributed by atoms with Crippen LogP contribution in [0, 0.1) is 0 Å². The summed E-state index contributed by atoms with van der Waals surface area (Å²) in [5, 5.41) is 18.7. The van der Waals surface area contributed by atoms with Gasteiger partial charge in [-0.1, -0.05) is 24.0 Å². The van der Waals surface area contributed by atoms with Crippen molar-refractivity contribution in [3.8, 4) is 11.5 Å². The van der Waals surface area contributed by atoms with Crippen LogP contribution in [-0.2, 0) is 9.59 Å². The number of phenolic OH excluding ortho intramolecular Hbond substituents is 1. The highest BCUT2D eigenvalue weighted by Gasteiger charge is 2.32. The van der Waals surface area contributed by atoms with Gasteiger partial charge in [0.25, 0.3) is 5.91 Å². The molecule has 1 amide bonds. The van der Waals surface area contributed by atoms with Crippen molar-refractivity contribution in [3.05, 3.63) is 27.1 Å². The molecular formula is C15H14BrNO5S2. The molecule has 128 valence electrons. The Balaban J connectivity index is 2.27. The Morgan fingerprint density at radius 1 is 1.50 bits per heavy atom. The predicted molar refractivity (Wildman–Crippen MR) is 99.1 cm³/mol. The van der Waals surface area contributed by atoms with Crippen LogP contribution in [0.3, 0.4) is 0 Å². The van der Waals surface area contributed by atoms with Gasteiger partial charge in [-0.3, -0.25) is 14.5 Å². The van der Waals surface area contributed by atoms with Gasteiger partial charge in [0.2, 0.25) is 0 Å². The first-order chi connectivity index (χ1) is 11.3. The van der Waals surface area contributed by atoms with Crippen molar-refractivity contribution in [2.45, 2.75) is 13.3 Å². The fourth-order valence-corrected chi connectivity index (χ4v) is 3.76. The van der Waals surface area contributed by atoms with Gasteiger partial charge in [-0.25, -0.2) is 0 Å². The molecule has 1 aliphatic rings. The Bertz CT molecular complexity index is 735. The van der Waals surface area contributed by atoms with E-state index in [0.717, 1.165) is 11.8 Å². The van der Waals surface area contributed by atoms with Crippen molar-refractivity contribution >= 4 is 62.2 Å². The molecule has 9 heteroatoms. The summed E-state index contributed by atoms with van der Waals surface area (Å²) >= 11 is 9.50. The van der Waals surface area contributed by atoms with Crippen LogP contribution in [0.5, 0.6) is 11.5 Å². The van der Waals surface area contributed by atoms with E-state index in [1.54, 1.807) is 25.1 Å². The first kappa shape index (κ1) is 18.8. The molecule has 0 bridgehead atoms. The van der Waals surface area contributed by atoms with E-state index in [4.69, 9.17) is 22.1 Å². The van der Waals surface area contributed by atoms with Gasteiger partial charge >= 0.3 is 5.97 Å². The maximum absolute atomic E-state index is 12.4. The minimum absolute atomic E-state index is 0.0111. The largest absolute Gasteiger partial charge is 0.503 e. The lowest BCUT2D eigenvalue weighted by Gasteiger charge is -2.12. The molecule has 0 radical (unpaired) electrons. The second kappa shape index (κ2) is 8.00. The molecule has 24 heavy (non-hydrogen) atoms. The Labute approximate surface area is 156 Å². The first-order valence-corrected chi connectivity index (χ1v) is 8.97. The molecule has 0 atom stereocenters. The number of carboxylic acid groups (broad SMARTS) is 1. The number of carbonyl (C=O) groups excluding carboxylic acids is 1. The lowest BCUT2D eigenvalue weighted by molar-refractivity contribution is -0.137. The zero-order valence-electron chi connectivity index (χ0n) is 12.6. The molecule has 0 aromatic heterocycles. The van der Waals surface area contributed by atoms with Crippen LogP contribution in [0.2, 0.25) is 0 Å². The van der Waals surface area contributed by atoms with Crippen molar-refractivity contribution in [2.75, 3.05) is 13.2 Å². The summed E-state index contributed by atoms with van der Waals surface area (Å²) in [6.45, 7) is 2.23. The summed E-state index contributed by atoms with van der Waals surface area (Å²) in [5.41, 5.74) is 0.654. The second-order valence-corrected chi connectivity index (χ2v) is 7.29. The normalized spacial score (nSPS) is 16.1.